The monoisotopic (exact) mass is 155 g/mol. The van der Waals surface area contributed by atoms with E-state index in [1.807, 2.05) is 4.90 Å². The predicted octanol–water partition coefficient (Wildman–Crippen LogP) is 1.80. The normalized spacial score (nSPS) is 31.0. The number of hydrogen-bond donors (Lipinski definition) is 0. The molecule has 2 unspecified atom stereocenters. The molecule has 0 N–H and O–H groups in total. The summed E-state index contributed by atoms with van der Waals surface area (Å²) in [6.07, 6.45) is 3.47. The first-order chi connectivity index (χ1) is 5.16. The Balaban J connectivity index is 2.63. The molecule has 1 saturated heterocycles. The maximum Gasteiger partial charge on any atom is 0.219 e. The lowest BCUT2D eigenvalue weighted by Crippen LogP contribution is -2.37. The Bertz CT molecular complexity index is 156. The Hall–Kier alpha value is -0.530. The molecule has 11 heavy (non-hydrogen) atoms. The largest absolute Gasteiger partial charge is 0.337 e. The summed E-state index contributed by atoms with van der Waals surface area (Å²) < 4.78 is 0. The van der Waals surface area contributed by atoms with Crippen molar-refractivity contribution >= 4 is 5.91 Å². The van der Waals surface area contributed by atoms with Gasteiger partial charge in [0, 0.05) is 19.0 Å². The summed E-state index contributed by atoms with van der Waals surface area (Å²) >= 11 is 0. The first-order valence-electron chi connectivity index (χ1n) is 4.45. The summed E-state index contributed by atoms with van der Waals surface area (Å²) in [7, 11) is 0. The molecule has 2 nitrogen and oxygen atoms in total. The molecule has 0 bridgehead atoms. The zero-order valence-electron chi connectivity index (χ0n) is 7.63. The minimum absolute atomic E-state index is 0.238. The molecule has 0 aromatic carbocycles. The second-order valence-electron chi connectivity index (χ2n) is 3.41. The quantitative estimate of drug-likeness (QED) is 0.565. The molecule has 1 aliphatic rings. The third-order valence-electron chi connectivity index (χ3n) is 2.62. The van der Waals surface area contributed by atoms with Crippen LogP contribution in [0.2, 0.25) is 0 Å². The van der Waals surface area contributed by atoms with Crippen LogP contribution in [0.15, 0.2) is 0 Å². The highest BCUT2D eigenvalue weighted by atomic mass is 16.2. The highest BCUT2D eigenvalue weighted by molar-refractivity contribution is 5.74. The fraction of sp³-hybridized carbons (Fsp3) is 0.889. The van der Waals surface area contributed by atoms with Crippen LogP contribution in [-0.4, -0.2) is 22.9 Å². The molecule has 64 valence electrons. The van der Waals surface area contributed by atoms with Crippen molar-refractivity contribution in [2.75, 3.05) is 0 Å². The van der Waals surface area contributed by atoms with Crippen molar-refractivity contribution in [3.8, 4) is 0 Å². The van der Waals surface area contributed by atoms with Gasteiger partial charge in [0.05, 0.1) is 0 Å². The van der Waals surface area contributed by atoms with Crippen molar-refractivity contribution < 1.29 is 4.79 Å². The zero-order valence-corrected chi connectivity index (χ0v) is 7.63. The van der Waals surface area contributed by atoms with E-state index < -0.39 is 0 Å². The van der Waals surface area contributed by atoms with Crippen LogP contribution in [0.4, 0.5) is 0 Å². The number of carbonyl (C=O) groups is 1. The first-order valence-corrected chi connectivity index (χ1v) is 4.45. The molecule has 1 aliphatic heterocycles. The standard InChI is InChI=1S/C9H17NO/c1-4-9-6-5-7(2)10(9)8(3)11/h7,9H,4-6H2,1-3H3. The van der Waals surface area contributed by atoms with E-state index in [0.29, 0.717) is 12.1 Å². The summed E-state index contributed by atoms with van der Waals surface area (Å²) in [4.78, 5) is 13.2. The zero-order chi connectivity index (χ0) is 8.43. The molecule has 2 heteroatoms. The van der Waals surface area contributed by atoms with Crippen molar-refractivity contribution in [3.63, 3.8) is 0 Å². The van der Waals surface area contributed by atoms with Crippen molar-refractivity contribution in [1.29, 1.82) is 0 Å². The molecule has 0 aromatic heterocycles. The Kier molecular flexibility index (Phi) is 2.53. The maximum atomic E-state index is 11.2. The second kappa shape index (κ2) is 3.24. The minimum atomic E-state index is 0.238. The van der Waals surface area contributed by atoms with Gasteiger partial charge in [0.1, 0.15) is 0 Å². The average Bonchev–Trinajstić information content (AvgIpc) is 2.30. The summed E-state index contributed by atoms with van der Waals surface area (Å²) in [6, 6.07) is 0.986. The van der Waals surface area contributed by atoms with E-state index in [0.717, 1.165) is 6.42 Å². The summed E-state index contributed by atoms with van der Waals surface area (Å²) in [5.74, 6) is 0.238. The van der Waals surface area contributed by atoms with E-state index in [2.05, 4.69) is 13.8 Å². The van der Waals surface area contributed by atoms with Gasteiger partial charge in [-0.15, -0.1) is 0 Å². The van der Waals surface area contributed by atoms with Crippen molar-refractivity contribution in [2.24, 2.45) is 0 Å². The van der Waals surface area contributed by atoms with Gasteiger partial charge < -0.3 is 4.90 Å². The van der Waals surface area contributed by atoms with Crippen LogP contribution in [0.3, 0.4) is 0 Å². The average molecular weight is 155 g/mol. The van der Waals surface area contributed by atoms with Gasteiger partial charge in [0.25, 0.3) is 0 Å². The van der Waals surface area contributed by atoms with Crippen LogP contribution < -0.4 is 0 Å². The lowest BCUT2D eigenvalue weighted by Gasteiger charge is -2.26. The molecule has 0 radical (unpaired) electrons. The maximum absolute atomic E-state index is 11.2. The number of hydrogen-bond acceptors (Lipinski definition) is 1. The Morgan fingerprint density at radius 3 is 2.55 bits per heavy atom. The molecule has 1 heterocycles. The van der Waals surface area contributed by atoms with Gasteiger partial charge in [0.2, 0.25) is 5.91 Å². The summed E-state index contributed by atoms with van der Waals surface area (Å²) in [6.45, 7) is 5.96. The molecule has 0 aromatic rings. The number of rotatable bonds is 1. The number of carbonyl (C=O) groups excluding carboxylic acids is 1. The van der Waals surface area contributed by atoms with E-state index in [4.69, 9.17) is 0 Å². The van der Waals surface area contributed by atoms with E-state index in [1.165, 1.54) is 12.8 Å². The van der Waals surface area contributed by atoms with Crippen molar-refractivity contribution in [1.82, 2.24) is 4.90 Å². The van der Waals surface area contributed by atoms with Crippen LogP contribution in [0.1, 0.15) is 40.0 Å². The predicted molar refractivity (Wildman–Crippen MR) is 45.3 cm³/mol. The summed E-state index contributed by atoms with van der Waals surface area (Å²) in [5, 5.41) is 0. The van der Waals surface area contributed by atoms with Crippen LogP contribution in [0, 0.1) is 0 Å². The first kappa shape index (κ1) is 8.57. The molecule has 0 spiro atoms. The molecule has 1 fully saturated rings. The number of likely N-dealkylation sites (tertiary alicyclic amines) is 1. The second-order valence-corrected chi connectivity index (χ2v) is 3.41. The Morgan fingerprint density at radius 1 is 1.55 bits per heavy atom. The van der Waals surface area contributed by atoms with Gasteiger partial charge in [-0.1, -0.05) is 6.92 Å². The van der Waals surface area contributed by atoms with Crippen molar-refractivity contribution in [2.45, 2.75) is 52.1 Å². The van der Waals surface area contributed by atoms with Crippen molar-refractivity contribution in [3.05, 3.63) is 0 Å². The highest BCUT2D eigenvalue weighted by Gasteiger charge is 2.30. The number of amides is 1. The van der Waals surface area contributed by atoms with Gasteiger partial charge in [-0.05, 0) is 26.2 Å². The molecular weight excluding hydrogens is 138 g/mol. The highest BCUT2D eigenvalue weighted by Crippen LogP contribution is 2.25. The van der Waals surface area contributed by atoms with Gasteiger partial charge in [-0.3, -0.25) is 4.79 Å². The lowest BCUT2D eigenvalue weighted by atomic mass is 10.1. The smallest absolute Gasteiger partial charge is 0.219 e. The van der Waals surface area contributed by atoms with Gasteiger partial charge in [-0.25, -0.2) is 0 Å². The van der Waals surface area contributed by atoms with Gasteiger partial charge >= 0.3 is 0 Å². The molecule has 1 amide bonds. The van der Waals surface area contributed by atoms with Gasteiger partial charge in [-0.2, -0.15) is 0 Å². The van der Waals surface area contributed by atoms with Crippen LogP contribution in [0.5, 0.6) is 0 Å². The Morgan fingerprint density at radius 2 is 2.18 bits per heavy atom. The third-order valence-corrected chi connectivity index (χ3v) is 2.62. The molecule has 0 saturated carbocycles. The fourth-order valence-electron chi connectivity index (χ4n) is 2.04. The van der Waals surface area contributed by atoms with Gasteiger partial charge in [0.15, 0.2) is 0 Å². The minimum Gasteiger partial charge on any atom is -0.337 e. The molecular formula is C9H17NO. The number of nitrogens with zero attached hydrogens (tertiary/aromatic N) is 1. The lowest BCUT2D eigenvalue weighted by molar-refractivity contribution is -0.131. The van der Waals surface area contributed by atoms with Crippen LogP contribution in [-0.2, 0) is 4.79 Å². The van der Waals surface area contributed by atoms with Crippen LogP contribution in [0.25, 0.3) is 0 Å². The topological polar surface area (TPSA) is 20.3 Å². The Labute approximate surface area is 68.6 Å². The molecule has 2 atom stereocenters. The molecule has 0 aliphatic carbocycles. The van der Waals surface area contributed by atoms with E-state index in [-0.39, 0.29) is 5.91 Å². The SMILES string of the molecule is CCC1CCC(C)N1C(C)=O. The molecule has 1 rings (SSSR count). The van der Waals surface area contributed by atoms with E-state index in [9.17, 15) is 4.79 Å². The summed E-state index contributed by atoms with van der Waals surface area (Å²) in [5.41, 5.74) is 0. The van der Waals surface area contributed by atoms with E-state index >= 15 is 0 Å². The fourth-order valence-corrected chi connectivity index (χ4v) is 2.04. The third kappa shape index (κ3) is 1.55. The van der Waals surface area contributed by atoms with Crippen LogP contribution >= 0.6 is 0 Å². The van der Waals surface area contributed by atoms with E-state index in [1.54, 1.807) is 6.92 Å².